The number of hydrogen-bond donors (Lipinski definition) is 1. The molecule has 3 aromatic rings. The Morgan fingerprint density at radius 1 is 1.15 bits per heavy atom. The molecule has 0 radical (unpaired) electrons. The number of nitrogens with two attached hydrogens (primary N) is 1. The monoisotopic (exact) mass is 325 g/mol. The zero-order valence-corrected chi connectivity index (χ0v) is 12.4. The molecule has 0 aliphatic carbocycles. The van der Waals surface area contributed by atoms with Crippen LogP contribution in [0, 0.1) is 0 Å². The van der Waals surface area contributed by atoms with E-state index in [4.69, 9.17) is 33.4 Å². The maximum atomic E-state index is 6.10. The van der Waals surface area contributed by atoms with Crippen molar-refractivity contribution < 1.29 is 4.42 Å². The first-order valence-electron chi connectivity index (χ1n) is 5.74. The fourth-order valence-electron chi connectivity index (χ4n) is 1.76. The number of benzene rings is 1. The number of hydrogen-bond acceptors (Lipinski definition) is 5. The Labute approximate surface area is 129 Å². The van der Waals surface area contributed by atoms with Crippen LogP contribution in [0.25, 0.3) is 11.5 Å². The van der Waals surface area contributed by atoms with Crippen molar-refractivity contribution in [1.29, 1.82) is 0 Å². The van der Waals surface area contributed by atoms with E-state index in [1.54, 1.807) is 6.07 Å². The predicted octanol–water partition coefficient (Wildman–Crippen LogP) is 4.15. The van der Waals surface area contributed by atoms with E-state index in [-0.39, 0.29) is 0 Å². The highest BCUT2D eigenvalue weighted by Gasteiger charge is 2.19. The molecule has 7 heteroatoms. The molecule has 1 aromatic carbocycles. The van der Waals surface area contributed by atoms with E-state index in [0.29, 0.717) is 26.0 Å². The minimum atomic E-state index is -0.467. The third-order valence-corrected chi connectivity index (χ3v) is 4.24. The van der Waals surface area contributed by atoms with Gasteiger partial charge in [-0.2, -0.15) is 0 Å². The fourth-order valence-corrected chi connectivity index (χ4v) is 3.21. The lowest BCUT2D eigenvalue weighted by atomic mass is 10.1. The van der Waals surface area contributed by atoms with Crippen LogP contribution >= 0.6 is 34.5 Å². The van der Waals surface area contributed by atoms with Gasteiger partial charge < -0.3 is 10.2 Å². The molecule has 1 atom stereocenters. The Morgan fingerprint density at radius 3 is 2.55 bits per heavy atom. The van der Waals surface area contributed by atoms with Gasteiger partial charge in [-0.05, 0) is 11.6 Å². The Kier molecular flexibility index (Phi) is 3.76. The average Bonchev–Trinajstić information content (AvgIpc) is 3.05. The summed E-state index contributed by atoms with van der Waals surface area (Å²) in [5.41, 5.74) is 7.62. The van der Waals surface area contributed by atoms with Gasteiger partial charge in [0.1, 0.15) is 10.4 Å². The van der Waals surface area contributed by atoms with Crippen LogP contribution in [-0.4, -0.2) is 10.2 Å². The van der Waals surface area contributed by atoms with Crippen LogP contribution < -0.4 is 5.73 Å². The largest absolute Gasteiger partial charge is 0.419 e. The van der Waals surface area contributed by atoms with Gasteiger partial charge in [-0.3, -0.25) is 0 Å². The Hall–Kier alpha value is -1.40. The summed E-state index contributed by atoms with van der Waals surface area (Å²) in [6.07, 6.45) is 0. The topological polar surface area (TPSA) is 64.9 Å². The molecule has 3 rings (SSSR count). The standard InChI is InChI=1S/C13H9Cl2N3OS/c14-9-6-8(11(15)20-9)12-17-18-13(19-12)10(16)7-4-2-1-3-5-7/h1-6,10H,16H2. The summed E-state index contributed by atoms with van der Waals surface area (Å²) < 4.78 is 6.68. The molecule has 1 unspecified atom stereocenters. The molecule has 0 saturated carbocycles. The summed E-state index contributed by atoms with van der Waals surface area (Å²) in [4.78, 5) is 0. The van der Waals surface area contributed by atoms with Gasteiger partial charge in [0.05, 0.1) is 9.90 Å². The lowest BCUT2D eigenvalue weighted by Gasteiger charge is -2.06. The Balaban J connectivity index is 1.93. The van der Waals surface area contributed by atoms with E-state index in [1.807, 2.05) is 30.3 Å². The van der Waals surface area contributed by atoms with Gasteiger partial charge in [-0.15, -0.1) is 21.5 Å². The molecule has 0 amide bonds. The first kappa shape index (κ1) is 13.6. The maximum Gasteiger partial charge on any atom is 0.250 e. The van der Waals surface area contributed by atoms with Gasteiger partial charge in [0, 0.05) is 0 Å². The summed E-state index contributed by atoms with van der Waals surface area (Å²) in [7, 11) is 0. The third-order valence-electron chi connectivity index (χ3n) is 2.75. The van der Waals surface area contributed by atoms with E-state index in [9.17, 15) is 0 Å². The minimum Gasteiger partial charge on any atom is -0.419 e. The second kappa shape index (κ2) is 5.54. The molecule has 4 nitrogen and oxygen atoms in total. The van der Waals surface area contributed by atoms with Crippen LogP contribution in [0.5, 0.6) is 0 Å². The summed E-state index contributed by atoms with van der Waals surface area (Å²) in [6.45, 7) is 0. The van der Waals surface area contributed by atoms with Crippen molar-refractivity contribution >= 4 is 34.5 Å². The van der Waals surface area contributed by atoms with E-state index in [1.165, 1.54) is 11.3 Å². The lowest BCUT2D eigenvalue weighted by molar-refractivity contribution is 0.484. The summed E-state index contributed by atoms with van der Waals surface area (Å²) in [6, 6.07) is 10.8. The summed E-state index contributed by atoms with van der Waals surface area (Å²) in [5, 5.41) is 7.95. The van der Waals surface area contributed by atoms with Crippen molar-refractivity contribution in [2.45, 2.75) is 6.04 Å². The van der Waals surface area contributed by atoms with Crippen molar-refractivity contribution in [3.63, 3.8) is 0 Å². The summed E-state index contributed by atoms with van der Waals surface area (Å²) in [5.74, 6) is 0.657. The number of nitrogens with zero attached hydrogens (tertiary/aromatic N) is 2. The van der Waals surface area contributed by atoms with Crippen molar-refractivity contribution in [2.75, 3.05) is 0 Å². The van der Waals surface area contributed by atoms with Gasteiger partial charge in [0.25, 0.3) is 0 Å². The van der Waals surface area contributed by atoms with Crippen molar-refractivity contribution in [1.82, 2.24) is 10.2 Å². The van der Waals surface area contributed by atoms with Crippen LogP contribution in [0.3, 0.4) is 0 Å². The van der Waals surface area contributed by atoms with Crippen LogP contribution in [-0.2, 0) is 0 Å². The minimum absolute atomic E-state index is 0.319. The van der Waals surface area contributed by atoms with Gasteiger partial charge in [-0.25, -0.2) is 0 Å². The molecule has 0 fully saturated rings. The molecule has 0 aliphatic rings. The number of rotatable bonds is 3. The molecule has 0 bridgehead atoms. The van der Waals surface area contributed by atoms with Crippen LogP contribution in [0.15, 0.2) is 40.8 Å². The molecule has 102 valence electrons. The van der Waals surface area contributed by atoms with E-state index >= 15 is 0 Å². The van der Waals surface area contributed by atoms with Gasteiger partial charge in [-0.1, -0.05) is 53.5 Å². The SMILES string of the molecule is NC(c1ccccc1)c1nnc(-c2cc(Cl)sc2Cl)o1. The lowest BCUT2D eigenvalue weighted by Crippen LogP contribution is -2.11. The molecular weight excluding hydrogens is 317 g/mol. The van der Waals surface area contributed by atoms with E-state index in [0.717, 1.165) is 5.56 Å². The zero-order valence-electron chi connectivity index (χ0n) is 10.1. The maximum absolute atomic E-state index is 6.10. The fraction of sp³-hybridized carbons (Fsp3) is 0.0769. The third kappa shape index (κ3) is 2.58. The van der Waals surface area contributed by atoms with Crippen LogP contribution in [0.2, 0.25) is 8.67 Å². The van der Waals surface area contributed by atoms with E-state index in [2.05, 4.69) is 10.2 Å². The number of aromatic nitrogens is 2. The van der Waals surface area contributed by atoms with Gasteiger partial charge in [0.2, 0.25) is 11.8 Å². The van der Waals surface area contributed by atoms with Crippen molar-refractivity contribution in [2.24, 2.45) is 5.73 Å². The first-order chi connectivity index (χ1) is 9.65. The van der Waals surface area contributed by atoms with E-state index < -0.39 is 6.04 Å². The Bertz CT molecular complexity index is 726. The highest BCUT2D eigenvalue weighted by atomic mass is 35.5. The first-order valence-corrected chi connectivity index (χ1v) is 7.31. The molecule has 2 aromatic heterocycles. The second-order valence-electron chi connectivity index (χ2n) is 4.07. The quantitative estimate of drug-likeness (QED) is 0.785. The molecule has 0 spiro atoms. The molecule has 20 heavy (non-hydrogen) atoms. The summed E-state index contributed by atoms with van der Waals surface area (Å²) >= 11 is 13.2. The van der Waals surface area contributed by atoms with Gasteiger partial charge >= 0.3 is 0 Å². The second-order valence-corrected chi connectivity index (χ2v) is 6.36. The Morgan fingerprint density at radius 2 is 1.90 bits per heavy atom. The number of halogens is 2. The molecule has 2 heterocycles. The molecular formula is C13H9Cl2N3OS. The average molecular weight is 326 g/mol. The molecule has 0 aliphatic heterocycles. The number of thiophene rings is 1. The normalized spacial score (nSPS) is 12.6. The zero-order chi connectivity index (χ0) is 14.1. The highest BCUT2D eigenvalue weighted by Crippen LogP contribution is 2.37. The van der Waals surface area contributed by atoms with Crippen LogP contribution in [0.4, 0.5) is 0 Å². The predicted molar refractivity (Wildman–Crippen MR) is 80.1 cm³/mol. The highest BCUT2D eigenvalue weighted by molar-refractivity contribution is 7.20. The van der Waals surface area contributed by atoms with Crippen molar-refractivity contribution in [3.8, 4) is 11.5 Å². The molecule has 2 N–H and O–H groups in total. The van der Waals surface area contributed by atoms with Gasteiger partial charge in [0.15, 0.2) is 0 Å². The smallest absolute Gasteiger partial charge is 0.250 e. The molecule has 0 saturated heterocycles. The van der Waals surface area contributed by atoms with Crippen LogP contribution in [0.1, 0.15) is 17.5 Å². The van der Waals surface area contributed by atoms with Crippen molar-refractivity contribution in [3.05, 3.63) is 56.5 Å².